The number of rotatable bonds is 9. The van der Waals surface area contributed by atoms with E-state index in [1.54, 1.807) is 25.2 Å². The van der Waals surface area contributed by atoms with Crippen molar-refractivity contribution in [3.8, 4) is 17.1 Å². The second-order valence-corrected chi connectivity index (χ2v) is 8.84. The number of benzene rings is 2. The van der Waals surface area contributed by atoms with E-state index >= 15 is 0 Å². The molecule has 0 aliphatic heterocycles. The molecule has 3 aromatic rings. The van der Waals surface area contributed by atoms with E-state index in [4.69, 9.17) is 9.26 Å². The first-order valence-electron chi connectivity index (χ1n) is 9.62. The van der Waals surface area contributed by atoms with Crippen molar-refractivity contribution in [2.75, 3.05) is 27.2 Å². The van der Waals surface area contributed by atoms with Crippen LogP contribution in [0.5, 0.6) is 5.75 Å². The molecule has 2 aromatic carbocycles. The Balaban J connectivity index is 1.61. The summed E-state index contributed by atoms with van der Waals surface area (Å²) in [4.78, 5) is 18.3. The fraction of sp³-hybridized carbons (Fsp3) is 0.286. The summed E-state index contributed by atoms with van der Waals surface area (Å²) in [5.41, 5.74) is 0.751. The van der Waals surface area contributed by atoms with E-state index in [-0.39, 0.29) is 23.9 Å². The molecule has 1 heterocycles. The maximum absolute atomic E-state index is 12.6. The second-order valence-electron chi connectivity index (χ2n) is 6.79. The lowest BCUT2D eigenvalue weighted by molar-refractivity contribution is -0.130. The number of amides is 1. The average molecular weight is 445 g/mol. The summed E-state index contributed by atoms with van der Waals surface area (Å²) < 4.78 is 36.8. The largest absolute Gasteiger partial charge is 0.494 e. The molecule has 164 valence electrons. The van der Waals surface area contributed by atoms with Gasteiger partial charge in [0.2, 0.25) is 27.6 Å². The normalized spacial score (nSPS) is 11.5. The molecule has 0 saturated carbocycles. The number of carbonyl (C=O) groups excluding carboxylic acids is 1. The van der Waals surface area contributed by atoms with Gasteiger partial charge in [0.15, 0.2) is 0 Å². The third kappa shape index (κ3) is 5.47. The van der Waals surface area contributed by atoms with Crippen LogP contribution in [0.1, 0.15) is 12.8 Å². The van der Waals surface area contributed by atoms with Gasteiger partial charge in [-0.25, -0.2) is 8.42 Å². The zero-order valence-corrected chi connectivity index (χ0v) is 18.4. The number of carbonyl (C=O) groups is 1. The lowest BCUT2D eigenvalue weighted by Gasteiger charge is -2.20. The quantitative estimate of drug-likeness (QED) is 0.499. The van der Waals surface area contributed by atoms with Crippen LogP contribution in [-0.2, 0) is 21.4 Å². The van der Waals surface area contributed by atoms with E-state index in [2.05, 4.69) is 10.1 Å². The number of hydrogen-bond acceptors (Lipinski definition) is 7. The number of aromatic nitrogens is 2. The SMILES string of the molecule is CCOc1ccc(-c2noc(CN(C)C(=O)CN(C)S(=O)(=O)c3ccccc3)n2)cc1. The van der Waals surface area contributed by atoms with Gasteiger partial charge in [0, 0.05) is 19.7 Å². The molecule has 0 N–H and O–H groups in total. The minimum Gasteiger partial charge on any atom is -0.494 e. The standard InChI is InChI=1S/C21H24N4O5S/c1-4-29-17-12-10-16(11-13-17)21-22-19(30-23-21)14-24(2)20(26)15-25(3)31(27,28)18-8-6-5-7-9-18/h5-13H,4,14-15H2,1-3H3. The minimum absolute atomic E-state index is 0.0576. The third-order valence-electron chi connectivity index (χ3n) is 4.50. The van der Waals surface area contributed by atoms with E-state index in [0.717, 1.165) is 15.6 Å². The lowest BCUT2D eigenvalue weighted by atomic mass is 10.2. The molecular weight excluding hydrogens is 420 g/mol. The van der Waals surface area contributed by atoms with E-state index in [0.29, 0.717) is 12.4 Å². The van der Waals surface area contributed by atoms with Gasteiger partial charge in [-0.05, 0) is 43.3 Å². The van der Waals surface area contributed by atoms with Crippen LogP contribution < -0.4 is 4.74 Å². The minimum atomic E-state index is -3.76. The Morgan fingerprint density at radius 2 is 1.74 bits per heavy atom. The molecule has 1 amide bonds. The van der Waals surface area contributed by atoms with Crippen LogP contribution in [0.3, 0.4) is 0 Å². The first kappa shape index (κ1) is 22.4. The van der Waals surface area contributed by atoms with Crippen molar-refractivity contribution in [2.24, 2.45) is 0 Å². The van der Waals surface area contributed by atoms with Gasteiger partial charge < -0.3 is 14.2 Å². The van der Waals surface area contributed by atoms with Crippen LogP contribution in [0.4, 0.5) is 0 Å². The number of nitrogens with zero attached hydrogens (tertiary/aromatic N) is 4. The predicted octanol–water partition coefficient (Wildman–Crippen LogP) is 2.41. The van der Waals surface area contributed by atoms with Crippen molar-refractivity contribution in [1.29, 1.82) is 0 Å². The van der Waals surface area contributed by atoms with Gasteiger partial charge in [-0.2, -0.15) is 9.29 Å². The third-order valence-corrected chi connectivity index (χ3v) is 6.32. The maximum atomic E-state index is 12.6. The van der Waals surface area contributed by atoms with Crippen LogP contribution in [0, 0.1) is 0 Å². The van der Waals surface area contributed by atoms with Crippen molar-refractivity contribution in [1.82, 2.24) is 19.3 Å². The number of sulfonamides is 1. The molecule has 0 atom stereocenters. The summed E-state index contributed by atoms with van der Waals surface area (Å²) in [6.07, 6.45) is 0. The van der Waals surface area contributed by atoms with Crippen LogP contribution in [-0.4, -0.2) is 60.9 Å². The molecule has 0 fully saturated rings. The highest BCUT2D eigenvalue weighted by atomic mass is 32.2. The van der Waals surface area contributed by atoms with Gasteiger partial charge in [-0.15, -0.1) is 0 Å². The number of hydrogen-bond donors (Lipinski definition) is 0. The van der Waals surface area contributed by atoms with Gasteiger partial charge in [0.1, 0.15) is 5.75 Å². The smallest absolute Gasteiger partial charge is 0.246 e. The summed E-state index contributed by atoms with van der Waals surface area (Å²) in [5.74, 6) is 0.980. The zero-order valence-electron chi connectivity index (χ0n) is 17.6. The molecule has 0 radical (unpaired) electrons. The fourth-order valence-electron chi connectivity index (χ4n) is 2.76. The Kier molecular flexibility index (Phi) is 7.03. The molecule has 31 heavy (non-hydrogen) atoms. The molecule has 0 saturated heterocycles. The molecule has 0 unspecified atom stereocenters. The zero-order chi connectivity index (χ0) is 22.4. The van der Waals surface area contributed by atoms with Crippen LogP contribution in [0.25, 0.3) is 11.4 Å². The van der Waals surface area contributed by atoms with Crippen molar-refractivity contribution in [3.63, 3.8) is 0 Å². The van der Waals surface area contributed by atoms with Crippen LogP contribution in [0.2, 0.25) is 0 Å². The lowest BCUT2D eigenvalue weighted by Crippen LogP contribution is -2.39. The molecule has 0 bridgehead atoms. The van der Waals surface area contributed by atoms with Gasteiger partial charge in [-0.1, -0.05) is 23.4 Å². The molecule has 0 aliphatic carbocycles. The fourth-order valence-corrected chi connectivity index (χ4v) is 3.90. The molecular formula is C21H24N4O5S. The van der Waals surface area contributed by atoms with E-state index < -0.39 is 15.9 Å². The Morgan fingerprint density at radius 3 is 2.39 bits per heavy atom. The maximum Gasteiger partial charge on any atom is 0.246 e. The Bertz CT molecular complexity index is 1110. The van der Waals surface area contributed by atoms with Crippen molar-refractivity contribution < 1.29 is 22.5 Å². The summed E-state index contributed by atoms with van der Waals surface area (Å²) in [6, 6.07) is 15.2. The van der Waals surface area contributed by atoms with Crippen molar-refractivity contribution in [3.05, 3.63) is 60.5 Å². The highest BCUT2D eigenvalue weighted by Gasteiger charge is 2.24. The molecule has 0 aliphatic rings. The monoisotopic (exact) mass is 444 g/mol. The Hall–Kier alpha value is -3.24. The summed E-state index contributed by atoms with van der Waals surface area (Å²) >= 11 is 0. The number of ether oxygens (including phenoxy) is 1. The Labute approximate surface area is 181 Å². The highest BCUT2D eigenvalue weighted by molar-refractivity contribution is 7.89. The van der Waals surface area contributed by atoms with E-state index in [1.807, 2.05) is 31.2 Å². The van der Waals surface area contributed by atoms with Gasteiger partial charge in [-0.3, -0.25) is 4.79 Å². The second kappa shape index (κ2) is 9.71. The van der Waals surface area contributed by atoms with Crippen LogP contribution >= 0.6 is 0 Å². The van der Waals surface area contributed by atoms with Gasteiger partial charge in [0.05, 0.1) is 24.6 Å². The molecule has 1 aromatic heterocycles. The first-order valence-corrected chi connectivity index (χ1v) is 11.1. The van der Waals surface area contributed by atoms with Crippen LogP contribution in [0.15, 0.2) is 64.0 Å². The highest BCUT2D eigenvalue weighted by Crippen LogP contribution is 2.20. The molecule has 3 rings (SSSR count). The van der Waals surface area contributed by atoms with Gasteiger partial charge in [0.25, 0.3) is 0 Å². The summed E-state index contributed by atoms with van der Waals surface area (Å²) in [5, 5.41) is 3.94. The molecule has 10 heteroatoms. The van der Waals surface area contributed by atoms with Crippen molar-refractivity contribution >= 4 is 15.9 Å². The van der Waals surface area contributed by atoms with Gasteiger partial charge >= 0.3 is 0 Å². The Morgan fingerprint density at radius 1 is 1.06 bits per heavy atom. The predicted molar refractivity (Wildman–Crippen MR) is 114 cm³/mol. The van der Waals surface area contributed by atoms with Crippen molar-refractivity contribution in [2.45, 2.75) is 18.4 Å². The topological polar surface area (TPSA) is 106 Å². The molecule has 0 spiro atoms. The number of likely N-dealkylation sites (N-methyl/N-ethyl adjacent to an activating group) is 2. The van der Waals surface area contributed by atoms with E-state index in [1.165, 1.54) is 24.1 Å². The average Bonchev–Trinajstić information content (AvgIpc) is 3.23. The molecule has 9 nitrogen and oxygen atoms in total. The summed E-state index contributed by atoms with van der Waals surface area (Å²) in [6.45, 7) is 2.23. The first-order chi connectivity index (χ1) is 14.8. The van der Waals surface area contributed by atoms with E-state index in [9.17, 15) is 13.2 Å². The summed E-state index contributed by atoms with van der Waals surface area (Å²) in [7, 11) is -0.842.